The normalized spacial score (nSPS) is 15.3. The number of ether oxygens (including phenoxy) is 1. The van der Waals surface area contributed by atoms with E-state index in [1.165, 1.54) is 0 Å². The summed E-state index contributed by atoms with van der Waals surface area (Å²) in [5.41, 5.74) is 4.18. The Balaban J connectivity index is 1.78. The van der Waals surface area contributed by atoms with Crippen LogP contribution >= 0.6 is 0 Å². The Hall–Kier alpha value is -2.82. The molecule has 29 heavy (non-hydrogen) atoms. The van der Waals surface area contributed by atoms with Crippen LogP contribution < -0.4 is 9.46 Å². The van der Waals surface area contributed by atoms with Gasteiger partial charge in [-0.05, 0) is 44.0 Å². The lowest BCUT2D eigenvalue weighted by atomic mass is 10.1. The quantitative estimate of drug-likeness (QED) is 0.661. The lowest BCUT2D eigenvalue weighted by molar-refractivity contribution is 0.415. The van der Waals surface area contributed by atoms with Crippen molar-refractivity contribution in [1.82, 2.24) is 8.87 Å². The van der Waals surface area contributed by atoms with E-state index < -0.39 is 11.2 Å². The number of anilines is 1. The Kier molecular flexibility index (Phi) is 5.56. The Morgan fingerprint density at radius 3 is 2.69 bits per heavy atom. The summed E-state index contributed by atoms with van der Waals surface area (Å²) in [6.45, 7) is 4.49. The van der Waals surface area contributed by atoms with Crippen LogP contribution in [0.2, 0.25) is 0 Å². The van der Waals surface area contributed by atoms with E-state index in [4.69, 9.17) is 4.74 Å². The summed E-state index contributed by atoms with van der Waals surface area (Å²) in [7, 11) is 1.64. The number of hydrogen-bond acceptors (Lipinski definition) is 3. The van der Waals surface area contributed by atoms with Gasteiger partial charge in [0.05, 0.1) is 23.9 Å². The molecule has 6 nitrogen and oxygen atoms in total. The van der Waals surface area contributed by atoms with Crippen LogP contribution in [0.15, 0.2) is 42.5 Å². The van der Waals surface area contributed by atoms with E-state index in [0.29, 0.717) is 5.56 Å². The fourth-order valence-corrected chi connectivity index (χ4v) is 4.99. The van der Waals surface area contributed by atoms with Crippen molar-refractivity contribution in [3.05, 3.63) is 48.0 Å². The first-order valence-corrected chi connectivity index (χ1v) is 10.9. The van der Waals surface area contributed by atoms with Crippen molar-refractivity contribution in [3.8, 4) is 23.1 Å². The van der Waals surface area contributed by atoms with Crippen molar-refractivity contribution in [2.45, 2.75) is 26.3 Å². The number of methoxy groups -OCH3 is 1. The van der Waals surface area contributed by atoms with Gasteiger partial charge in [-0.1, -0.05) is 12.1 Å². The molecule has 3 aromatic rings. The first-order valence-electron chi connectivity index (χ1n) is 9.80. The lowest BCUT2D eigenvalue weighted by Crippen LogP contribution is -2.27. The molecule has 0 amide bonds. The molecule has 1 unspecified atom stereocenters. The minimum Gasteiger partial charge on any atom is -0.497 e. The minimum atomic E-state index is -1.25. The fraction of sp³-hybridized carbons (Fsp3) is 0.318. The highest BCUT2D eigenvalue weighted by molar-refractivity contribution is 7.84. The maximum absolute atomic E-state index is 12.6. The number of nitrogens with one attached hydrogen (secondary N) is 1. The van der Waals surface area contributed by atoms with Gasteiger partial charge in [0, 0.05) is 42.3 Å². The monoisotopic (exact) mass is 408 g/mol. The van der Waals surface area contributed by atoms with Crippen LogP contribution in [0.5, 0.6) is 5.75 Å². The molecule has 1 saturated heterocycles. The average Bonchev–Trinajstić information content (AvgIpc) is 3.39. The Morgan fingerprint density at radius 1 is 1.21 bits per heavy atom. The number of aryl methyl sites for hydroxylation is 1. The molecule has 1 fully saturated rings. The number of hydrogen-bond donors (Lipinski definition) is 1. The molecular weight excluding hydrogens is 384 g/mol. The highest BCUT2D eigenvalue weighted by Gasteiger charge is 2.20. The summed E-state index contributed by atoms with van der Waals surface area (Å²) in [6, 6.07) is 16.0. The van der Waals surface area contributed by atoms with Crippen LogP contribution in [0, 0.1) is 11.3 Å². The second-order valence-corrected chi connectivity index (χ2v) is 8.25. The van der Waals surface area contributed by atoms with Crippen molar-refractivity contribution in [1.29, 1.82) is 5.26 Å². The van der Waals surface area contributed by atoms with E-state index in [9.17, 15) is 9.47 Å². The zero-order valence-corrected chi connectivity index (χ0v) is 17.5. The highest BCUT2D eigenvalue weighted by atomic mass is 32.2. The Bertz CT molecular complexity index is 1110. The second-order valence-electron chi connectivity index (χ2n) is 7.03. The van der Waals surface area contributed by atoms with Gasteiger partial charge < -0.3 is 9.30 Å². The van der Waals surface area contributed by atoms with Crippen LogP contribution in [-0.2, 0) is 17.7 Å². The van der Waals surface area contributed by atoms with Crippen LogP contribution in [0.25, 0.3) is 22.2 Å². The molecule has 0 saturated carbocycles. The van der Waals surface area contributed by atoms with E-state index in [2.05, 4.69) is 22.3 Å². The fourth-order valence-electron chi connectivity index (χ4n) is 3.95. The molecule has 0 radical (unpaired) electrons. The van der Waals surface area contributed by atoms with Crippen LogP contribution in [-0.4, -0.2) is 33.3 Å². The minimum absolute atomic E-state index is 0.641. The molecule has 0 aliphatic carbocycles. The third-order valence-corrected chi connectivity index (χ3v) is 6.58. The number of rotatable bonds is 6. The molecule has 0 spiro atoms. The SMILES string of the molecule is CCn1c(-c2cccc(NS(=O)N3CCCC3)c2)c(C#N)c2ccc(OC)cc21. The summed E-state index contributed by atoms with van der Waals surface area (Å²) in [4.78, 5) is 0. The van der Waals surface area contributed by atoms with E-state index in [1.54, 1.807) is 7.11 Å². The van der Waals surface area contributed by atoms with E-state index >= 15 is 0 Å². The molecule has 4 rings (SSSR count). The van der Waals surface area contributed by atoms with Crippen LogP contribution in [0.3, 0.4) is 0 Å². The molecule has 1 aliphatic rings. The molecule has 1 aliphatic heterocycles. The topological polar surface area (TPSA) is 70.3 Å². The number of aromatic nitrogens is 1. The zero-order valence-electron chi connectivity index (χ0n) is 16.6. The van der Waals surface area contributed by atoms with Crippen molar-refractivity contribution < 1.29 is 8.95 Å². The van der Waals surface area contributed by atoms with Gasteiger partial charge in [-0.15, -0.1) is 0 Å². The van der Waals surface area contributed by atoms with Gasteiger partial charge in [0.25, 0.3) is 0 Å². The smallest absolute Gasteiger partial charge is 0.196 e. The number of fused-ring (bicyclic) bond motifs is 1. The lowest BCUT2D eigenvalue weighted by Gasteiger charge is -2.16. The first-order chi connectivity index (χ1) is 14.2. The Morgan fingerprint density at radius 2 is 2.00 bits per heavy atom. The van der Waals surface area contributed by atoms with Crippen molar-refractivity contribution in [2.24, 2.45) is 0 Å². The third-order valence-electron chi connectivity index (χ3n) is 5.34. The molecule has 1 N–H and O–H groups in total. The number of nitriles is 1. The number of nitrogens with zero attached hydrogens (tertiary/aromatic N) is 3. The van der Waals surface area contributed by atoms with Crippen molar-refractivity contribution >= 4 is 27.8 Å². The molecule has 150 valence electrons. The third kappa shape index (κ3) is 3.61. The van der Waals surface area contributed by atoms with E-state index in [0.717, 1.165) is 66.1 Å². The summed E-state index contributed by atoms with van der Waals surface area (Å²) < 4.78 is 25.1. The largest absolute Gasteiger partial charge is 0.497 e. The predicted molar refractivity (Wildman–Crippen MR) is 117 cm³/mol. The van der Waals surface area contributed by atoms with Gasteiger partial charge >= 0.3 is 0 Å². The summed E-state index contributed by atoms with van der Waals surface area (Å²) in [5.74, 6) is 0.761. The predicted octanol–water partition coefficient (Wildman–Crippen LogP) is 4.29. The number of benzene rings is 2. The molecule has 7 heteroatoms. The van der Waals surface area contributed by atoms with Crippen LogP contribution in [0.4, 0.5) is 5.69 Å². The summed E-state index contributed by atoms with van der Waals surface area (Å²) in [5, 5.41) is 10.8. The molecule has 2 heterocycles. The first kappa shape index (κ1) is 19.5. The zero-order chi connectivity index (χ0) is 20.4. The van der Waals surface area contributed by atoms with Gasteiger partial charge in [-0.3, -0.25) is 4.72 Å². The second kappa shape index (κ2) is 8.27. The highest BCUT2D eigenvalue weighted by Crippen LogP contribution is 2.36. The standard InChI is InChI=1S/C22H24N4O2S/c1-3-26-21-14-18(28-2)9-10-19(21)20(15-23)22(26)16-7-6-8-17(13-16)24-29(27)25-11-4-5-12-25/h6-10,13-14,24H,3-5,11-12H2,1-2H3. The molecular formula is C22H24N4O2S. The van der Waals surface area contributed by atoms with Crippen molar-refractivity contribution in [3.63, 3.8) is 0 Å². The van der Waals surface area contributed by atoms with Gasteiger partial charge in [-0.2, -0.15) is 5.26 Å². The van der Waals surface area contributed by atoms with E-state index in [-0.39, 0.29) is 0 Å². The average molecular weight is 409 g/mol. The summed E-state index contributed by atoms with van der Waals surface area (Å²) >= 11 is -1.25. The summed E-state index contributed by atoms with van der Waals surface area (Å²) in [6.07, 6.45) is 2.16. The van der Waals surface area contributed by atoms with Crippen molar-refractivity contribution in [2.75, 3.05) is 24.9 Å². The van der Waals surface area contributed by atoms with Gasteiger partial charge in [0.1, 0.15) is 11.8 Å². The molecule has 1 aromatic heterocycles. The molecule has 0 bridgehead atoms. The Labute approximate surface area is 173 Å². The molecule has 1 atom stereocenters. The maximum Gasteiger partial charge on any atom is 0.196 e. The van der Waals surface area contributed by atoms with Gasteiger partial charge in [-0.25, -0.2) is 8.51 Å². The molecule has 2 aromatic carbocycles. The van der Waals surface area contributed by atoms with Gasteiger partial charge in [0.15, 0.2) is 11.2 Å². The van der Waals surface area contributed by atoms with E-state index in [1.807, 2.05) is 46.8 Å². The van der Waals surface area contributed by atoms with Gasteiger partial charge in [0.2, 0.25) is 0 Å². The van der Waals surface area contributed by atoms with Crippen LogP contribution in [0.1, 0.15) is 25.3 Å². The maximum atomic E-state index is 12.6.